The number of hydrogen-bond acceptors (Lipinski definition) is 2. The molecule has 0 aromatic heterocycles. The van der Waals surface area contributed by atoms with Crippen molar-refractivity contribution in [1.29, 1.82) is 0 Å². The van der Waals surface area contributed by atoms with Crippen molar-refractivity contribution < 1.29 is 9.53 Å². The Balaban J connectivity index is 2.88. The summed E-state index contributed by atoms with van der Waals surface area (Å²) in [5.41, 5.74) is -0.150. The quantitative estimate of drug-likeness (QED) is 0.394. The zero-order valence-corrected chi connectivity index (χ0v) is 14.4. The van der Waals surface area contributed by atoms with Crippen molar-refractivity contribution in [2.24, 2.45) is 5.41 Å². The van der Waals surface area contributed by atoms with Gasteiger partial charge in [-0.3, -0.25) is 4.79 Å². The maximum atomic E-state index is 12.2. The normalized spacial score (nSPS) is 21.4. The largest absolute Gasteiger partial charge is 0.458 e. The van der Waals surface area contributed by atoms with E-state index in [0.29, 0.717) is 0 Å². The summed E-state index contributed by atoms with van der Waals surface area (Å²) in [4.78, 5) is 12.2. The van der Waals surface area contributed by atoms with Crippen molar-refractivity contribution in [2.75, 3.05) is 0 Å². The van der Waals surface area contributed by atoms with E-state index in [2.05, 4.69) is 43.4 Å². The smallest absolute Gasteiger partial charge is 0.319 e. The van der Waals surface area contributed by atoms with Gasteiger partial charge < -0.3 is 4.74 Å². The van der Waals surface area contributed by atoms with E-state index >= 15 is 0 Å². The summed E-state index contributed by atoms with van der Waals surface area (Å²) in [5.74, 6) is -0.0125. The van der Waals surface area contributed by atoms with Gasteiger partial charge in [0.05, 0.1) is 0 Å². The van der Waals surface area contributed by atoms with Crippen molar-refractivity contribution in [3.8, 4) is 0 Å². The molecule has 18 heavy (non-hydrogen) atoms. The Morgan fingerprint density at radius 2 is 1.83 bits per heavy atom. The number of carbonyl (C=O) groups excluding carboxylic acids is 1. The van der Waals surface area contributed by atoms with Crippen LogP contribution in [0.15, 0.2) is 0 Å². The SMILES string of the molecule is CCC(I)C(=O)OC1(C(C)(C)CC)CCCCC1. The maximum Gasteiger partial charge on any atom is 0.319 e. The molecule has 1 fully saturated rings. The minimum atomic E-state index is -0.227. The fraction of sp³-hybridized carbons (Fsp3) is 0.933. The average molecular weight is 366 g/mol. The average Bonchev–Trinajstić information content (AvgIpc) is 2.38. The zero-order chi connectivity index (χ0) is 13.8. The zero-order valence-electron chi connectivity index (χ0n) is 12.2. The highest BCUT2D eigenvalue weighted by atomic mass is 127. The molecule has 1 saturated carbocycles. The summed E-state index contributed by atoms with van der Waals surface area (Å²) in [5, 5.41) is 0. The third-order valence-corrected chi connectivity index (χ3v) is 6.08. The highest BCUT2D eigenvalue weighted by Crippen LogP contribution is 2.47. The minimum Gasteiger partial charge on any atom is -0.458 e. The first kappa shape index (κ1) is 16.3. The summed E-state index contributed by atoms with van der Waals surface area (Å²) >= 11 is 2.20. The summed E-state index contributed by atoms with van der Waals surface area (Å²) in [6.45, 7) is 8.74. The highest BCUT2D eigenvalue weighted by Gasteiger charge is 2.48. The minimum absolute atomic E-state index is 0.00550. The van der Waals surface area contributed by atoms with E-state index in [-0.39, 0.29) is 20.9 Å². The van der Waals surface area contributed by atoms with Crippen LogP contribution in [-0.2, 0) is 9.53 Å². The van der Waals surface area contributed by atoms with Crippen LogP contribution in [0, 0.1) is 5.41 Å². The number of halogens is 1. The lowest BCUT2D eigenvalue weighted by Crippen LogP contribution is -2.50. The molecule has 1 rings (SSSR count). The Hall–Kier alpha value is 0.200. The molecule has 0 saturated heterocycles. The van der Waals surface area contributed by atoms with Gasteiger partial charge in [-0.2, -0.15) is 0 Å². The fourth-order valence-corrected chi connectivity index (χ4v) is 2.91. The van der Waals surface area contributed by atoms with Crippen LogP contribution in [0.1, 0.15) is 72.6 Å². The first-order valence-electron chi connectivity index (χ1n) is 7.25. The first-order chi connectivity index (χ1) is 8.38. The lowest BCUT2D eigenvalue weighted by Gasteiger charge is -2.48. The lowest BCUT2D eigenvalue weighted by molar-refractivity contribution is -0.181. The Morgan fingerprint density at radius 3 is 2.28 bits per heavy atom. The van der Waals surface area contributed by atoms with Crippen LogP contribution in [0.5, 0.6) is 0 Å². The van der Waals surface area contributed by atoms with Crippen molar-refractivity contribution in [3.63, 3.8) is 0 Å². The van der Waals surface area contributed by atoms with Crippen molar-refractivity contribution >= 4 is 28.6 Å². The molecule has 0 radical (unpaired) electrons. The van der Waals surface area contributed by atoms with E-state index < -0.39 is 0 Å². The van der Waals surface area contributed by atoms with E-state index in [1.807, 2.05) is 6.92 Å². The highest BCUT2D eigenvalue weighted by molar-refractivity contribution is 14.1. The molecule has 0 bridgehead atoms. The van der Waals surface area contributed by atoms with E-state index in [1.54, 1.807) is 0 Å². The van der Waals surface area contributed by atoms with Crippen molar-refractivity contribution in [3.05, 3.63) is 0 Å². The van der Waals surface area contributed by atoms with Crippen LogP contribution < -0.4 is 0 Å². The summed E-state index contributed by atoms with van der Waals surface area (Å²) in [6, 6.07) is 0. The standard InChI is InChI=1S/C15H27IO2/c1-5-12(16)13(17)18-15(14(3,4)6-2)10-8-7-9-11-15/h12H,5-11H2,1-4H3. The number of ether oxygens (including phenoxy) is 1. The predicted molar refractivity (Wildman–Crippen MR) is 84.1 cm³/mol. The molecule has 0 heterocycles. The molecule has 1 aliphatic rings. The van der Waals surface area contributed by atoms with Crippen LogP contribution in [0.4, 0.5) is 0 Å². The predicted octanol–water partition coefficient (Wildman–Crippen LogP) is 4.88. The second kappa shape index (κ2) is 6.58. The van der Waals surface area contributed by atoms with Crippen LogP contribution in [0.3, 0.4) is 0 Å². The van der Waals surface area contributed by atoms with E-state index in [9.17, 15) is 4.79 Å². The summed E-state index contributed by atoms with van der Waals surface area (Å²) in [7, 11) is 0. The molecule has 0 amide bonds. The molecule has 1 aliphatic carbocycles. The Bertz CT molecular complexity index is 280. The van der Waals surface area contributed by atoms with Crippen LogP contribution in [0.25, 0.3) is 0 Å². The third kappa shape index (κ3) is 3.40. The second-order valence-corrected chi connectivity index (χ2v) is 7.59. The van der Waals surface area contributed by atoms with Gasteiger partial charge in [0.15, 0.2) is 0 Å². The summed E-state index contributed by atoms with van der Waals surface area (Å²) < 4.78 is 6.04. The van der Waals surface area contributed by atoms with Gasteiger partial charge in [-0.1, -0.05) is 56.7 Å². The fourth-order valence-electron chi connectivity index (χ4n) is 2.79. The number of carbonyl (C=O) groups is 1. The van der Waals surface area contributed by atoms with Gasteiger partial charge in [0, 0.05) is 5.41 Å². The van der Waals surface area contributed by atoms with Gasteiger partial charge in [-0.15, -0.1) is 0 Å². The monoisotopic (exact) mass is 366 g/mol. The van der Waals surface area contributed by atoms with Crippen LogP contribution >= 0.6 is 22.6 Å². The Labute approximate surface area is 125 Å². The molecule has 0 aliphatic heterocycles. The van der Waals surface area contributed by atoms with Gasteiger partial charge in [-0.05, 0) is 38.5 Å². The molecule has 1 atom stereocenters. The molecule has 1 unspecified atom stereocenters. The topological polar surface area (TPSA) is 26.3 Å². The van der Waals surface area contributed by atoms with Crippen molar-refractivity contribution in [2.45, 2.75) is 82.2 Å². The van der Waals surface area contributed by atoms with Gasteiger partial charge >= 0.3 is 5.97 Å². The van der Waals surface area contributed by atoms with E-state index in [0.717, 1.165) is 25.7 Å². The van der Waals surface area contributed by atoms with Crippen molar-refractivity contribution in [1.82, 2.24) is 0 Å². The second-order valence-electron chi connectivity index (χ2n) is 6.09. The molecule has 0 spiro atoms. The molecule has 0 aromatic rings. The third-order valence-electron chi connectivity index (χ3n) is 4.69. The molecule has 0 aromatic carbocycles. The van der Waals surface area contributed by atoms with Gasteiger partial charge in [-0.25, -0.2) is 0 Å². The number of alkyl halides is 1. The van der Waals surface area contributed by atoms with E-state index in [4.69, 9.17) is 4.74 Å². The first-order valence-corrected chi connectivity index (χ1v) is 8.50. The van der Waals surface area contributed by atoms with Gasteiger partial charge in [0.1, 0.15) is 9.53 Å². The summed E-state index contributed by atoms with van der Waals surface area (Å²) in [6.07, 6.45) is 7.63. The molecular formula is C15H27IO2. The van der Waals surface area contributed by atoms with Gasteiger partial charge in [0.25, 0.3) is 0 Å². The molecular weight excluding hydrogens is 339 g/mol. The molecule has 106 valence electrons. The van der Waals surface area contributed by atoms with Gasteiger partial charge in [0.2, 0.25) is 0 Å². The lowest BCUT2D eigenvalue weighted by atomic mass is 9.65. The van der Waals surface area contributed by atoms with E-state index in [1.165, 1.54) is 19.3 Å². The number of hydrogen-bond donors (Lipinski definition) is 0. The van der Waals surface area contributed by atoms with Crippen LogP contribution in [-0.4, -0.2) is 15.5 Å². The Kier molecular flexibility index (Phi) is 5.94. The molecule has 2 nitrogen and oxygen atoms in total. The number of esters is 1. The Morgan fingerprint density at radius 1 is 1.28 bits per heavy atom. The van der Waals surface area contributed by atoms with Crippen LogP contribution in [0.2, 0.25) is 0 Å². The number of rotatable bonds is 5. The maximum absolute atomic E-state index is 12.2. The molecule has 3 heteroatoms. The molecule has 0 N–H and O–H groups in total.